The Kier molecular flexibility index (Phi) is 4.06. The molecule has 6 heteroatoms. The second kappa shape index (κ2) is 5.75. The summed E-state index contributed by atoms with van der Waals surface area (Å²) in [5.41, 5.74) is 7.41. The van der Waals surface area contributed by atoms with Crippen LogP contribution in [0.3, 0.4) is 0 Å². The zero-order valence-electron chi connectivity index (χ0n) is 10.8. The molecule has 3 N–H and O–H groups in total. The van der Waals surface area contributed by atoms with E-state index < -0.39 is 0 Å². The van der Waals surface area contributed by atoms with E-state index >= 15 is 0 Å². The van der Waals surface area contributed by atoms with Crippen molar-refractivity contribution in [3.05, 3.63) is 35.1 Å². The van der Waals surface area contributed by atoms with Crippen LogP contribution in [-0.4, -0.2) is 17.1 Å². The van der Waals surface area contributed by atoms with Gasteiger partial charge in [-0.3, -0.25) is 0 Å². The molecule has 1 heterocycles. The van der Waals surface area contributed by atoms with E-state index in [0.29, 0.717) is 28.1 Å². The van der Waals surface area contributed by atoms with Crippen molar-refractivity contribution in [1.82, 2.24) is 9.97 Å². The molecule has 0 saturated heterocycles. The lowest BCUT2D eigenvalue weighted by molar-refractivity contribution is 0.415. The summed E-state index contributed by atoms with van der Waals surface area (Å²) in [5.74, 6) is 1.84. The molecule has 0 amide bonds. The summed E-state index contributed by atoms with van der Waals surface area (Å²) in [7, 11) is 1.60. The highest BCUT2D eigenvalue weighted by molar-refractivity contribution is 6.33. The van der Waals surface area contributed by atoms with Crippen molar-refractivity contribution in [3.8, 4) is 5.75 Å². The van der Waals surface area contributed by atoms with Crippen LogP contribution in [0.25, 0.3) is 0 Å². The Morgan fingerprint density at radius 2 is 2.16 bits per heavy atom. The molecular weight excluding hydrogens is 264 g/mol. The molecule has 1 aromatic carbocycles. The van der Waals surface area contributed by atoms with Crippen LogP contribution in [0.1, 0.15) is 12.5 Å². The average molecular weight is 279 g/mol. The third-order valence-electron chi connectivity index (χ3n) is 2.76. The third kappa shape index (κ3) is 2.88. The molecule has 5 nitrogen and oxygen atoms in total. The Labute approximate surface area is 116 Å². The van der Waals surface area contributed by atoms with E-state index in [1.165, 1.54) is 6.33 Å². The van der Waals surface area contributed by atoms with E-state index in [9.17, 15) is 0 Å². The second-order valence-corrected chi connectivity index (χ2v) is 4.32. The Morgan fingerprint density at radius 1 is 1.37 bits per heavy atom. The van der Waals surface area contributed by atoms with Gasteiger partial charge in [-0.05, 0) is 18.6 Å². The fourth-order valence-corrected chi connectivity index (χ4v) is 1.90. The molecule has 0 aliphatic carbocycles. The number of nitrogens with zero attached hydrogens (tertiary/aromatic N) is 2. The van der Waals surface area contributed by atoms with Gasteiger partial charge in [0.25, 0.3) is 0 Å². The Hall–Kier alpha value is -2.01. The van der Waals surface area contributed by atoms with Gasteiger partial charge in [0, 0.05) is 11.6 Å². The molecular formula is C13H15ClN4O. The summed E-state index contributed by atoms with van der Waals surface area (Å²) in [5, 5.41) is 3.75. The first kappa shape index (κ1) is 13.4. The summed E-state index contributed by atoms with van der Waals surface area (Å²) < 4.78 is 5.17. The average Bonchev–Trinajstić information content (AvgIpc) is 2.41. The van der Waals surface area contributed by atoms with Gasteiger partial charge < -0.3 is 15.8 Å². The first-order chi connectivity index (χ1) is 9.15. The largest absolute Gasteiger partial charge is 0.497 e. The van der Waals surface area contributed by atoms with Crippen LogP contribution >= 0.6 is 11.6 Å². The van der Waals surface area contributed by atoms with Crippen LogP contribution in [0.2, 0.25) is 5.02 Å². The fourth-order valence-electron chi connectivity index (χ4n) is 1.74. The minimum absolute atomic E-state index is 0.471. The number of benzene rings is 1. The van der Waals surface area contributed by atoms with Gasteiger partial charge in [-0.1, -0.05) is 18.5 Å². The Balaban J connectivity index is 2.38. The normalized spacial score (nSPS) is 10.3. The third-order valence-corrected chi connectivity index (χ3v) is 3.09. The van der Waals surface area contributed by atoms with E-state index in [2.05, 4.69) is 15.3 Å². The molecule has 0 spiro atoms. The predicted molar refractivity (Wildman–Crippen MR) is 77.1 cm³/mol. The van der Waals surface area contributed by atoms with Crippen molar-refractivity contribution < 1.29 is 4.74 Å². The van der Waals surface area contributed by atoms with Gasteiger partial charge in [-0.2, -0.15) is 0 Å². The highest BCUT2D eigenvalue weighted by Crippen LogP contribution is 2.30. The van der Waals surface area contributed by atoms with Crippen molar-refractivity contribution in [2.75, 3.05) is 18.2 Å². The highest BCUT2D eigenvalue weighted by atomic mass is 35.5. The maximum atomic E-state index is 6.15. The number of hydrogen-bond donors (Lipinski definition) is 2. The van der Waals surface area contributed by atoms with E-state index in [4.69, 9.17) is 22.1 Å². The summed E-state index contributed by atoms with van der Waals surface area (Å²) in [6.45, 7) is 1.99. The van der Waals surface area contributed by atoms with E-state index in [1.807, 2.05) is 6.92 Å². The molecule has 0 fully saturated rings. The monoisotopic (exact) mass is 278 g/mol. The predicted octanol–water partition coefficient (Wildman–Crippen LogP) is 3.03. The maximum Gasteiger partial charge on any atom is 0.139 e. The molecule has 2 rings (SSSR count). The van der Waals surface area contributed by atoms with Gasteiger partial charge >= 0.3 is 0 Å². The SMILES string of the molecule is CCc1c(N)ncnc1Nc1cc(OC)ccc1Cl. The topological polar surface area (TPSA) is 73.1 Å². The maximum absolute atomic E-state index is 6.15. The van der Waals surface area contributed by atoms with E-state index in [0.717, 1.165) is 12.0 Å². The number of halogens is 1. The zero-order chi connectivity index (χ0) is 13.8. The van der Waals surface area contributed by atoms with Gasteiger partial charge in [0.2, 0.25) is 0 Å². The number of ether oxygens (including phenoxy) is 1. The lowest BCUT2D eigenvalue weighted by Gasteiger charge is -2.13. The molecule has 0 radical (unpaired) electrons. The second-order valence-electron chi connectivity index (χ2n) is 3.91. The standard InChI is InChI=1S/C13H15ClN4O/c1-3-9-12(15)16-7-17-13(9)18-11-6-8(19-2)4-5-10(11)14/h4-7H,3H2,1-2H3,(H3,15,16,17,18). The molecule has 0 aliphatic heterocycles. The summed E-state index contributed by atoms with van der Waals surface area (Å²) in [6.07, 6.45) is 2.15. The van der Waals surface area contributed by atoms with Crippen LogP contribution in [0.15, 0.2) is 24.5 Å². The number of nitrogens with one attached hydrogen (secondary N) is 1. The zero-order valence-corrected chi connectivity index (χ0v) is 11.5. The molecule has 0 atom stereocenters. The molecule has 0 unspecified atom stereocenters. The number of methoxy groups -OCH3 is 1. The fraction of sp³-hybridized carbons (Fsp3) is 0.231. The van der Waals surface area contributed by atoms with Crippen LogP contribution in [0.4, 0.5) is 17.3 Å². The van der Waals surface area contributed by atoms with Crippen molar-refractivity contribution in [1.29, 1.82) is 0 Å². The minimum atomic E-state index is 0.471. The first-order valence-electron chi connectivity index (χ1n) is 5.85. The van der Waals surface area contributed by atoms with E-state index in [1.54, 1.807) is 25.3 Å². The molecule has 2 aromatic rings. The van der Waals surface area contributed by atoms with Gasteiger partial charge in [-0.25, -0.2) is 9.97 Å². The first-order valence-corrected chi connectivity index (χ1v) is 6.23. The summed E-state index contributed by atoms with van der Waals surface area (Å²) >= 11 is 6.15. The number of rotatable bonds is 4. The number of nitrogen functional groups attached to an aromatic ring is 1. The quantitative estimate of drug-likeness (QED) is 0.899. The molecule has 0 aliphatic rings. The van der Waals surface area contributed by atoms with Gasteiger partial charge in [0.1, 0.15) is 23.7 Å². The van der Waals surface area contributed by atoms with Crippen molar-refractivity contribution >= 4 is 28.9 Å². The van der Waals surface area contributed by atoms with Crippen LogP contribution < -0.4 is 15.8 Å². The molecule has 1 aromatic heterocycles. The summed E-state index contributed by atoms with van der Waals surface area (Å²) in [4.78, 5) is 8.18. The van der Waals surface area contributed by atoms with Gasteiger partial charge in [0.15, 0.2) is 0 Å². The smallest absolute Gasteiger partial charge is 0.139 e. The number of aromatic nitrogens is 2. The lowest BCUT2D eigenvalue weighted by atomic mass is 10.2. The molecule has 0 saturated carbocycles. The molecule has 19 heavy (non-hydrogen) atoms. The van der Waals surface area contributed by atoms with Crippen LogP contribution in [0, 0.1) is 0 Å². The van der Waals surface area contributed by atoms with Crippen molar-refractivity contribution in [2.24, 2.45) is 0 Å². The summed E-state index contributed by atoms with van der Waals surface area (Å²) in [6, 6.07) is 5.36. The lowest BCUT2D eigenvalue weighted by Crippen LogP contribution is -2.04. The highest BCUT2D eigenvalue weighted by Gasteiger charge is 2.10. The number of nitrogens with two attached hydrogens (primary N) is 1. The number of hydrogen-bond acceptors (Lipinski definition) is 5. The molecule has 0 bridgehead atoms. The Morgan fingerprint density at radius 3 is 2.84 bits per heavy atom. The van der Waals surface area contributed by atoms with Crippen LogP contribution in [0.5, 0.6) is 5.75 Å². The van der Waals surface area contributed by atoms with E-state index in [-0.39, 0.29) is 0 Å². The van der Waals surface area contributed by atoms with Crippen molar-refractivity contribution in [3.63, 3.8) is 0 Å². The number of anilines is 3. The van der Waals surface area contributed by atoms with Crippen molar-refractivity contribution in [2.45, 2.75) is 13.3 Å². The molecule has 100 valence electrons. The Bertz CT molecular complexity index is 589. The van der Waals surface area contributed by atoms with Gasteiger partial charge in [-0.15, -0.1) is 0 Å². The van der Waals surface area contributed by atoms with Gasteiger partial charge in [0.05, 0.1) is 17.8 Å². The van der Waals surface area contributed by atoms with Crippen LogP contribution in [-0.2, 0) is 6.42 Å². The minimum Gasteiger partial charge on any atom is -0.497 e.